The molecule has 0 radical (unpaired) electrons. The Labute approximate surface area is 80.1 Å². The van der Waals surface area contributed by atoms with E-state index in [9.17, 15) is 4.79 Å². The summed E-state index contributed by atoms with van der Waals surface area (Å²) in [5.41, 5.74) is 0. The van der Waals surface area contributed by atoms with Crippen LogP contribution in [0.4, 0.5) is 0 Å². The maximum Gasteiger partial charge on any atom is 0.185 e. The van der Waals surface area contributed by atoms with Gasteiger partial charge in [0.15, 0.2) is 12.0 Å². The quantitative estimate of drug-likeness (QED) is 0.745. The van der Waals surface area contributed by atoms with E-state index in [0.717, 1.165) is 35.8 Å². The monoisotopic (exact) mass is 230 g/mol. The summed E-state index contributed by atoms with van der Waals surface area (Å²) in [5.74, 6) is 1.27. The molecule has 0 bridgehead atoms. The molecule has 1 aromatic rings. The Morgan fingerprint density at radius 1 is 1.67 bits per heavy atom. The fourth-order valence-corrected chi connectivity index (χ4v) is 1.50. The molecule has 0 saturated carbocycles. The molecule has 1 aromatic heterocycles. The number of rotatable bonds is 4. The number of aryl methyl sites for hydroxylation is 1. The fourth-order valence-electron chi connectivity index (χ4n) is 0.992. The van der Waals surface area contributed by atoms with Crippen LogP contribution in [0.25, 0.3) is 0 Å². The average molecular weight is 231 g/mol. The Morgan fingerprint density at radius 2 is 2.42 bits per heavy atom. The summed E-state index contributed by atoms with van der Waals surface area (Å²) >= 11 is 3.34. The molecule has 0 aromatic carbocycles. The first kappa shape index (κ1) is 9.52. The van der Waals surface area contributed by atoms with Gasteiger partial charge < -0.3 is 4.42 Å². The minimum atomic E-state index is 0.396. The highest BCUT2D eigenvalue weighted by Crippen LogP contribution is 2.22. The molecule has 0 amide bonds. The summed E-state index contributed by atoms with van der Waals surface area (Å²) in [6.45, 7) is 2.12. The van der Waals surface area contributed by atoms with Gasteiger partial charge in [-0.1, -0.05) is 13.3 Å². The van der Waals surface area contributed by atoms with E-state index in [4.69, 9.17) is 4.42 Å². The van der Waals surface area contributed by atoms with Gasteiger partial charge in [-0.25, -0.2) is 0 Å². The first-order valence-electron chi connectivity index (χ1n) is 4.01. The molecular formula is C9H11BrO2. The van der Waals surface area contributed by atoms with Gasteiger partial charge in [-0.15, -0.1) is 0 Å². The third-order valence-corrected chi connectivity index (χ3v) is 2.32. The third-order valence-electron chi connectivity index (χ3n) is 1.65. The van der Waals surface area contributed by atoms with Crippen molar-refractivity contribution in [1.29, 1.82) is 0 Å². The molecule has 0 fully saturated rings. The van der Waals surface area contributed by atoms with Gasteiger partial charge >= 0.3 is 0 Å². The van der Waals surface area contributed by atoms with E-state index in [1.807, 2.05) is 0 Å². The van der Waals surface area contributed by atoms with Crippen LogP contribution >= 0.6 is 15.9 Å². The molecule has 0 aliphatic rings. The van der Waals surface area contributed by atoms with Gasteiger partial charge in [-0.05, 0) is 22.4 Å². The zero-order valence-electron chi connectivity index (χ0n) is 6.97. The van der Waals surface area contributed by atoms with Crippen molar-refractivity contribution in [2.75, 3.05) is 0 Å². The number of hydrogen-bond acceptors (Lipinski definition) is 2. The average Bonchev–Trinajstić information content (AvgIpc) is 2.43. The summed E-state index contributed by atoms with van der Waals surface area (Å²) in [6, 6.07) is 1.71. The van der Waals surface area contributed by atoms with Crippen molar-refractivity contribution in [3.63, 3.8) is 0 Å². The Bertz CT molecular complexity index is 265. The largest absolute Gasteiger partial charge is 0.457 e. The van der Waals surface area contributed by atoms with Crippen molar-refractivity contribution >= 4 is 22.2 Å². The molecule has 0 N–H and O–H groups in total. The molecule has 12 heavy (non-hydrogen) atoms. The van der Waals surface area contributed by atoms with Crippen molar-refractivity contribution < 1.29 is 9.21 Å². The van der Waals surface area contributed by atoms with Gasteiger partial charge in [0, 0.05) is 12.5 Å². The lowest BCUT2D eigenvalue weighted by Crippen LogP contribution is -1.81. The summed E-state index contributed by atoms with van der Waals surface area (Å²) in [6.07, 6.45) is 3.83. The van der Waals surface area contributed by atoms with E-state index in [-0.39, 0.29) is 0 Å². The van der Waals surface area contributed by atoms with Crippen LogP contribution in [0.2, 0.25) is 0 Å². The van der Waals surface area contributed by atoms with Gasteiger partial charge in [0.05, 0.1) is 4.47 Å². The molecule has 1 heterocycles. The molecule has 0 aliphatic heterocycles. The second kappa shape index (κ2) is 4.45. The standard InChI is InChI=1S/C9H11BrO2/c1-2-3-4-9-8(10)5-7(6-11)12-9/h5-6H,2-4H2,1H3. The highest BCUT2D eigenvalue weighted by atomic mass is 79.9. The molecule has 0 atom stereocenters. The first-order chi connectivity index (χ1) is 5.77. The Hall–Kier alpha value is -0.570. The smallest absolute Gasteiger partial charge is 0.185 e. The SMILES string of the molecule is CCCCc1oc(C=O)cc1Br. The minimum Gasteiger partial charge on any atom is -0.457 e. The highest BCUT2D eigenvalue weighted by molar-refractivity contribution is 9.10. The molecular weight excluding hydrogens is 220 g/mol. The van der Waals surface area contributed by atoms with E-state index in [2.05, 4.69) is 22.9 Å². The number of unbranched alkanes of at least 4 members (excludes halogenated alkanes) is 1. The molecule has 0 unspecified atom stereocenters. The maximum atomic E-state index is 10.3. The van der Waals surface area contributed by atoms with E-state index >= 15 is 0 Å². The lowest BCUT2D eigenvalue weighted by atomic mass is 10.2. The van der Waals surface area contributed by atoms with Crippen molar-refractivity contribution in [2.45, 2.75) is 26.2 Å². The molecule has 0 saturated heterocycles. The van der Waals surface area contributed by atoms with Crippen LogP contribution < -0.4 is 0 Å². The molecule has 66 valence electrons. The first-order valence-corrected chi connectivity index (χ1v) is 4.80. The predicted molar refractivity (Wildman–Crippen MR) is 50.4 cm³/mol. The molecule has 0 spiro atoms. The number of hydrogen-bond donors (Lipinski definition) is 0. The normalized spacial score (nSPS) is 10.2. The highest BCUT2D eigenvalue weighted by Gasteiger charge is 2.06. The number of carbonyl (C=O) groups excluding carboxylic acids is 1. The maximum absolute atomic E-state index is 10.3. The van der Waals surface area contributed by atoms with Crippen molar-refractivity contribution in [2.24, 2.45) is 0 Å². The minimum absolute atomic E-state index is 0.396. The Kier molecular flexibility index (Phi) is 3.53. The summed E-state index contributed by atoms with van der Waals surface area (Å²) in [4.78, 5) is 10.3. The van der Waals surface area contributed by atoms with E-state index in [1.165, 1.54) is 0 Å². The van der Waals surface area contributed by atoms with Crippen molar-refractivity contribution in [3.8, 4) is 0 Å². The second-order valence-electron chi connectivity index (χ2n) is 2.64. The van der Waals surface area contributed by atoms with Crippen LogP contribution in [0, 0.1) is 0 Å². The number of carbonyl (C=O) groups is 1. The third kappa shape index (κ3) is 2.21. The van der Waals surface area contributed by atoms with Gasteiger partial charge in [0.2, 0.25) is 0 Å². The second-order valence-corrected chi connectivity index (χ2v) is 3.50. The van der Waals surface area contributed by atoms with Crippen molar-refractivity contribution in [3.05, 3.63) is 22.1 Å². The van der Waals surface area contributed by atoms with E-state index in [1.54, 1.807) is 6.07 Å². The van der Waals surface area contributed by atoms with Gasteiger partial charge in [0.25, 0.3) is 0 Å². The van der Waals surface area contributed by atoms with E-state index in [0.29, 0.717) is 5.76 Å². The zero-order chi connectivity index (χ0) is 8.97. The summed E-state index contributed by atoms with van der Waals surface area (Å²) in [7, 11) is 0. The number of halogens is 1. The van der Waals surface area contributed by atoms with Crippen LogP contribution in [0.15, 0.2) is 15.0 Å². The molecule has 3 heteroatoms. The van der Waals surface area contributed by atoms with Gasteiger partial charge in [0.1, 0.15) is 5.76 Å². The summed E-state index contributed by atoms with van der Waals surface area (Å²) in [5, 5.41) is 0. The number of aldehydes is 1. The fraction of sp³-hybridized carbons (Fsp3) is 0.444. The van der Waals surface area contributed by atoms with Crippen molar-refractivity contribution in [1.82, 2.24) is 0 Å². The zero-order valence-corrected chi connectivity index (χ0v) is 8.56. The van der Waals surface area contributed by atoms with Gasteiger partial charge in [-0.2, -0.15) is 0 Å². The molecule has 2 nitrogen and oxygen atoms in total. The lowest BCUT2D eigenvalue weighted by molar-refractivity contribution is 0.109. The van der Waals surface area contributed by atoms with Crippen LogP contribution in [0.1, 0.15) is 36.1 Å². The lowest BCUT2D eigenvalue weighted by Gasteiger charge is -1.93. The molecule has 1 rings (SSSR count). The van der Waals surface area contributed by atoms with Crippen LogP contribution in [0.5, 0.6) is 0 Å². The van der Waals surface area contributed by atoms with Crippen LogP contribution in [0.3, 0.4) is 0 Å². The summed E-state index contributed by atoms with van der Waals surface area (Å²) < 4.78 is 6.15. The topological polar surface area (TPSA) is 30.2 Å². The van der Waals surface area contributed by atoms with E-state index < -0.39 is 0 Å². The molecule has 0 aliphatic carbocycles. The predicted octanol–water partition coefficient (Wildman–Crippen LogP) is 3.20. The van der Waals surface area contributed by atoms with Crippen LogP contribution in [-0.2, 0) is 6.42 Å². The van der Waals surface area contributed by atoms with Crippen LogP contribution in [-0.4, -0.2) is 6.29 Å². The van der Waals surface area contributed by atoms with Gasteiger partial charge in [-0.3, -0.25) is 4.79 Å². The Morgan fingerprint density at radius 3 is 2.92 bits per heavy atom. The Balaban J connectivity index is 2.70. The number of furan rings is 1.